The first-order valence-electron chi connectivity index (χ1n) is 3.08. The van der Waals surface area contributed by atoms with E-state index in [1.54, 1.807) is 0 Å². The fraction of sp³-hybridized carbons (Fsp3) is 0.500. The first kappa shape index (κ1) is 15.2. The zero-order valence-corrected chi connectivity index (χ0v) is 8.59. The first-order valence-corrected chi connectivity index (χ1v) is 4.58. The van der Waals surface area contributed by atoms with E-state index in [0.717, 1.165) is 6.92 Å². The summed E-state index contributed by atoms with van der Waals surface area (Å²) in [5, 5.41) is 0. The molecule has 1 N–H and O–H groups in total. The molecule has 0 aliphatic carbocycles. The molecule has 0 heterocycles. The molecule has 13 heavy (non-hydrogen) atoms. The molecule has 0 fully saturated rings. The van der Waals surface area contributed by atoms with Crippen LogP contribution >= 0.6 is 0 Å². The number of rotatable bonds is 3. The Morgan fingerprint density at radius 1 is 1.54 bits per heavy atom. The number of hydrogen-bond acceptors (Lipinski definition) is 4. The van der Waals surface area contributed by atoms with Gasteiger partial charge in [0.2, 0.25) is 5.44 Å². The van der Waals surface area contributed by atoms with E-state index >= 15 is 0 Å². The van der Waals surface area contributed by atoms with E-state index in [0.29, 0.717) is 0 Å². The molecule has 0 bridgehead atoms. The van der Waals surface area contributed by atoms with Crippen LogP contribution < -0.4 is 18.9 Å². The van der Waals surface area contributed by atoms with Gasteiger partial charge in [-0.1, -0.05) is 6.58 Å². The Labute approximate surface area is 89.1 Å². The van der Waals surface area contributed by atoms with Crippen LogP contribution in [0.1, 0.15) is 13.8 Å². The van der Waals surface area contributed by atoms with Crippen molar-refractivity contribution in [2.45, 2.75) is 19.3 Å². The summed E-state index contributed by atoms with van der Waals surface area (Å²) in [6.45, 7) is 5.66. The van der Waals surface area contributed by atoms with Crippen LogP contribution in [0.3, 0.4) is 0 Å². The number of carbonyl (C=O) groups excluding carboxylic acids is 1. The maximum atomic E-state index is 10.7. The number of hydrogen-bond donors (Lipinski definition) is 1. The van der Waals surface area contributed by atoms with Gasteiger partial charge in [-0.3, -0.25) is 4.55 Å². The molecule has 1 unspecified atom stereocenters. The maximum Gasteiger partial charge on any atom is 1.00 e. The van der Waals surface area contributed by atoms with Gasteiger partial charge in [0.1, 0.15) is 0 Å². The predicted octanol–water partition coefficient (Wildman–Crippen LogP) is -2.66. The monoisotopic (exact) mass is 201 g/mol. The summed E-state index contributed by atoms with van der Waals surface area (Å²) in [5.41, 5.74) is -1.48. The van der Waals surface area contributed by atoms with Crippen molar-refractivity contribution in [3.63, 3.8) is 0 Å². The van der Waals surface area contributed by atoms with Gasteiger partial charge in [-0.2, -0.15) is 8.42 Å². The van der Waals surface area contributed by atoms with E-state index in [2.05, 4.69) is 11.3 Å². The number of ether oxygens (including phenoxy) is 1. The molecule has 5 nitrogen and oxygen atoms in total. The van der Waals surface area contributed by atoms with Crippen LogP contribution in [0.4, 0.5) is 0 Å². The summed E-state index contributed by atoms with van der Waals surface area (Å²) < 4.78 is 33.4. The SMILES string of the molecule is C=C(C)C(=O)OC(C)S(=O)(=O)O.[Li+]. The second-order valence-corrected chi connectivity index (χ2v) is 3.96. The molecule has 70 valence electrons. The van der Waals surface area contributed by atoms with Crippen molar-refractivity contribution >= 4 is 16.1 Å². The Hall–Kier alpha value is -0.283. The number of esters is 1. The molecule has 0 amide bonds. The molecule has 7 heteroatoms. The van der Waals surface area contributed by atoms with Crippen LogP contribution in [0, 0.1) is 0 Å². The van der Waals surface area contributed by atoms with Crippen molar-refractivity contribution < 1.29 is 41.4 Å². The van der Waals surface area contributed by atoms with Crippen molar-refractivity contribution in [3.8, 4) is 0 Å². The fourth-order valence-corrected chi connectivity index (χ4v) is 0.521. The quantitative estimate of drug-likeness (QED) is 0.233. The summed E-state index contributed by atoms with van der Waals surface area (Å²) in [6, 6.07) is 0. The van der Waals surface area contributed by atoms with Crippen molar-refractivity contribution in [3.05, 3.63) is 12.2 Å². The van der Waals surface area contributed by atoms with Crippen LogP contribution in [0.25, 0.3) is 0 Å². The van der Waals surface area contributed by atoms with Gasteiger partial charge in [-0.05, 0) is 13.8 Å². The Morgan fingerprint density at radius 2 is 1.92 bits per heavy atom. The van der Waals surface area contributed by atoms with Crippen LogP contribution in [0.2, 0.25) is 0 Å². The molecule has 0 aliphatic heterocycles. The van der Waals surface area contributed by atoms with Crippen molar-refractivity contribution in [2.24, 2.45) is 0 Å². The zero-order valence-electron chi connectivity index (χ0n) is 7.77. The molecule has 0 spiro atoms. The summed E-state index contributed by atoms with van der Waals surface area (Å²) >= 11 is 0. The third-order valence-electron chi connectivity index (χ3n) is 1.04. The van der Waals surface area contributed by atoms with Gasteiger partial charge in [0.05, 0.1) is 0 Å². The van der Waals surface area contributed by atoms with Gasteiger partial charge >= 0.3 is 34.9 Å². The third-order valence-corrected chi connectivity index (χ3v) is 1.98. The molecular formula is C6H10LiO5S+. The van der Waals surface area contributed by atoms with Crippen molar-refractivity contribution in [1.29, 1.82) is 0 Å². The minimum atomic E-state index is -4.32. The Balaban J connectivity index is 0. The Morgan fingerprint density at radius 3 is 2.15 bits per heavy atom. The molecule has 0 aromatic rings. The average molecular weight is 201 g/mol. The molecular weight excluding hydrogens is 191 g/mol. The van der Waals surface area contributed by atoms with Crippen LogP contribution in [-0.4, -0.2) is 24.4 Å². The normalized spacial score (nSPS) is 12.5. The Kier molecular flexibility index (Phi) is 6.37. The fourth-order valence-electron chi connectivity index (χ4n) is 0.312. The van der Waals surface area contributed by atoms with E-state index in [1.165, 1.54) is 6.92 Å². The largest absolute Gasteiger partial charge is 1.00 e. The summed E-state index contributed by atoms with van der Waals surface area (Å²) in [5.74, 6) is -0.847. The second kappa shape index (κ2) is 5.45. The minimum absolute atomic E-state index is 0. The van der Waals surface area contributed by atoms with E-state index in [1.807, 2.05) is 0 Å². The van der Waals surface area contributed by atoms with Crippen LogP contribution in [0.5, 0.6) is 0 Å². The Bertz CT molecular complexity index is 294. The van der Waals surface area contributed by atoms with Gasteiger partial charge in [0, 0.05) is 5.57 Å². The van der Waals surface area contributed by atoms with E-state index in [-0.39, 0.29) is 24.4 Å². The molecule has 0 aliphatic rings. The summed E-state index contributed by atoms with van der Waals surface area (Å²) in [6.07, 6.45) is 0. The van der Waals surface area contributed by atoms with Gasteiger partial charge in [0.15, 0.2) is 0 Å². The standard InChI is InChI=1S/C6H10O5S.Li/c1-4(2)6(7)11-5(3)12(8,9)10;/h5H,1H2,2-3H3,(H,8,9,10);/q;+1. The van der Waals surface area contributed by atoms with E-state index in [4.69, 9.17) is 4.55 Å². The summed E-state index contributed by atoms with van der Waals surface area (Å²) in [4.78, 5) is 10.7. The van der Waals surface area contributed by atoms with Crippen molar-refractivity contribution in [2.75, 3.05) is 0 Å². The van der Waals surface area contributed by atoms with Gasteiger partial charge in [0.25, 0.3) is 0 Å². The summed E-state index contributed by atoms with van der Waals surface area (Å²) in [7, 11) is -4.32. The third kappa shape index (κ3) is 5.88. The van der Waals surface area contributed by atoms with E-state index < -0.39 is 21.5 Å². The average Bonchev–Trinajstić information content (AvgIpc) is 1.85. The molecule has 1 atom stereocenters. The number of carbonyl (C=O) groups is 1. The maximum absolute atomic E-state index is 10.7. The van der Waals surface area contributed by atoms with E-state index in [9.17, 15) is 13.2 Å². The smallest absolute Gasteiger partial charge is 0.440 e. The van der Waals surface area contributed by atoms with Crippen LogP contribution in [0.15, 0.2) is 12.2 Å². The second-order valence-electron chi connectivity index (χ2n) is 2.27. The molecule has 0 rings (SSSR count). The molecule has 0 aromatic heterocycles. The van der Waals surface area contributed by atoms with Gasteiger partial charge in [-0.15, -0.1) is 0 Å². The van der Waals surface area contributed by atoms with Crippen molar-refractivity contribution in [1.82, 2.24) is 0 Å². The first-order chi connectivity index (χ1) is 5.25. The molecule has 0 aromatic carbocycles. The molecule has 0 saturated carbocycles. The van der Waals surface area contributed by atoms with Gasteiger partial charge in [-0.25, -0.2) is 4.79 Å². The zero-order chi connectivity index (χ0) is 9.94. The predicted molar refractivity (Wildman–Crippen MR) is 41.9 cm³/mol. The topological polar surface area (TPSA) is 80.7 Å². The molecule has 0 saturated heterocycles. The molecule has 0 radical (unpaired) electrons. The van der Waals surface area contributed by atoms with Gasteiger partial charge < -0.3 is 4.74 Å². The minimum Gasteiger partial charge on any atom is -0.440 e. The van der Waals surface area contributed by atoms with Crippen LogP contribution in [-0.2, 0) is 19.6 Å².